The SMILES string of the molecule is N#Cc1ccc(CS(=O)(=O)CCCN)cc1. The van der Waals surface area contributed by atoms with E-state index >= 15 is 0 Å². The summed E-state index contributed by atoms with van der Waals surface area (Å²) in [7, 11) is -3.08. The fraction of sp³-hybridized carbons (Fsp3) is 0.364. The first kappa shape index (κ1) is 12.7. The lowest BCUT2D eigenvalue weighted by atomic mass is 10.2. The van der Waals surface area contributed by atoms with E-state index in [1.807, 2.05) is 6.07 Å². The monoisotopic (exact) mass is 238 g/mol. The molecule has 0 aliphatic rings. The summed E-state index contributed by atoms with van der Waals surface area (Å²) < 4.78 is 23.2. The van der Waals surface area contributed by atoms with Gasteiger partial charge in [0.15, 0.2) is 9.84 Å². The van der Waals surface area contributed by atoms with Crippen molar-refractivity contribution < 1.29 is 8.42 Å². The molecule has 1 aromatic rings. The molecule has 86 valence electrons. The fourth-order valence-electron chi connectivity index (χ4n) is 1.30. The van der Waals surface area contributed by atoms with Crippen molar-refractivity contribution in [2.75, 3.05) is 12.3 Å². The van der Waals surface area contributed by atoms with E-state index in [1.165, 1.54) is 0 Å². The lowest BCUT2D eigenvalue weighted by Gasteiger charge is -2.03. The molecule has 0 aromatic heterocycles. The summed E-state index contributed by atoms with van der Waals surface area (Å²) in [5.74, 6) is 0.127. The molecule has 0 radical (unpaired) electrons. The summed E-state index contributed by atoms with van der Waals surface area (Å²) >= 11 is 0. The molecule has 1 rings (SSSR count). The van der Waals surface area contributed by atoms with Gasteiger partial charge in [-0.3, -0.25) is 0 Å². The van der Waals surface area contributed by atoms with Gasteiger partial charge in [-0.1, -0.05) is 12.1 Å². The molecule has 0 atom stereocenters. The average molecular weight is 238 g/mol. The average Bonchev–Trinajstić information content (AvgIpc) is 2.27. The molecule has 0 amide bonds. The van der Waals surface area contributed by atoms with Crippen molar-refractivity contribution in [2.24, 2.45) is 5.73 Å². The molecule has 2 N–H and O–H groups in total. The maximum atomic E-state index is 11.6. The number of hydrogen-bond donors (Lipinski definition) is 1. The minimum absolute atomic E-state index is 0.0126. The Balaban J connectivity index is 2.70. The Hall–Kier alpha value is -1.38. The van der Waals surface area contributed by atoms with Crippen molar-refractivity contribution in [1.29, 1.82) is 5.26 Å². The highest BCUT2D eigenvalue weighted by Gasteiger charge is 2.10. The molecule has 0 unspecified atom stereocenters. The second-order valence-electron chi connectivity index (χ2n) is 3.54. The van der Waals surface area contributed by atoms with Gasteiger partial charge in [-0.2, -0.15) is 5.26 Å². The molecule has 1 aromatic carbocycles. The molecular formula is C11H14N2O2S. The van der Waals surface area contributed by atoms with Crippen molar-refractivity contribution in [3.05, 3.63) is 35.4 Å². The molecular weight excluding hydrogens is 224 g/mol. The first-order chi connectivity index (χ1) is 7.57. The molecule has 0 saturated heterocycles. The van der Waals surface area contributed by atoms with Crippen molar-refractivity contribution in [3.8, 4) is 6.07 Å². The predicted molar refractivity (Wildman–Crippen MR) is 62.3 cm³/mol. The molecule has 0 fully saturated rings. The highest BCUT2D eigenvalue weighted by Crippen LogP contribution is 2.09. The number of nitrogens with two attached hydrogens (primary N) is 1. The van der Waals surface area contributed by atoms with E-state index in [2.05, 4.69) is 0 Å². The summed E-state index contributed by atoms with van der Waals surface area (Å²) in [6.45, 7) is 0.382. The third kappa shape index (κ3) is 4.01. The van der Waals surface area contributed by atoms with E-state index in [-0.39, 0.29) is 11.5 Å². The Morgan fingerprint density at radius 2 is 1.88 bits per heavy atom. The molecule has 0 saturated carbocycles. The molecule has 0 heterocycles. The largest absolute Gasteiger partial charge is 0.330 e. The van der Waals surface area contributed by atoms with E-state index in [0.717, 1.165) is 0 Å². The van der Waals surface area contributed by atoms with Gasteiger partial charge in [0.25, 0.3) is 0 Å². The number of sulfone groups is 1. The predicted octanol–water partition coefficient (Wildman–Crippen LogP) is 0.822. The number of benzene rings is 1. The van der Waals surface area contributed by atoms with E-state index in [0.29, 0.717) is 24.1 Å². The summed E-state index contributed by atoms with van der Waals surface area (Å²) in [5.41, 5.74) is 6.50. The molecule has 5 heteroatoms. The minimum atomic E-state index is -3.08. The summed E-state index contributed by atoms with van der Waals surface area (Å²) in [6.07, 6.45) is 0.485. The third-order valence-electron chi connectivity index (χ3n) is 2.13. The first-order valence-electron chi connectivity index (χ1n) is 4.97. The number of nitrogens with zero attached hydrogens (tertiary/aromatic N) is 1. The van der Waals surface area contributed by atoms with Gasteiger partial charge in [-0.05, 0) is 30.7 Å². The lowest BCUT2D eigenvalue weighted by Crippen LogP contribution is -2.13. The Kier molecular flexibility index (Phi) is 4.47. The van der Waals surface area contributed by atoms with Gasteiger partial charge in [0.2, 0.25) is 0 Å². The highest BCUT2D eigenvalue weighted by atomic mass is 32.2. The van der Waals surface area contributed by atoms with Crippen molar-refractivity contribution in [3.63, 3.8) is 0 Å². The number of nitriles is 1. The number of rotatable bonds is 5. The van der Waals surface area contributed by atoms with Crippen molar-refractivity contribution in [2.45, 2.75) is 12.2 Å². The van der Waals surface area contributed by atoms with Gasteiger partial charge in [0.05, 0.1) is 23.1 Å². The summed E-state index contributed by atoms with van der Waals surface area (Å²) in [6, 6.07) is 8.55. The van der Waals surface area contributed by atoms with Crippen LogP contribution >= 0.6 is 0 Å². The van der Waals surface area contributed by atoms with Gasteiger partial charge >= 0.3 is 0 Å². The standard InChI is InChI=1S/C11H14N2O2S/c12-6-1-7-16(14,15)9-11-4-2-10(8-13)3-5-11/h2-5H,1,6-7,9,12H2. The molecule has 0 aliphatic carbocycles. The Labute approximate surface area is 95.6 Å². The first-order valence-corrected chi connectivity index (χ1v) is 6.79. The van der Waals surface area contributed by atoms with Gasteiger partial charge in [0.1, 0.15) is 0 Å². The molecule has 4 nitrogen and oxygen atoms in total. The minimum Gasteiger partial charge on any atom is -0.330 e. The van der Waals surface area contributed by atoms with Crippen LogP contribution in [0.15, 0.2) is 24.3 Å². The van der Waals surface area contributed by atoms with Gasteiger partial charge in [-0.15, -0.1) is 0 Å². The van der Waals surface area contributed by atoms with Crippen LogP contribution < -0.4 is 5.73 Å². The molecule has 0 spiro atoms. The van der Waals surface area contributed by atoms with E-state index < -0.39 is 9.84 Å². The van der Waals surface area contributed by atoms with Crippen LogP contribution in [0.25, 0.3) is 0 Å². The van der Waals surface area contributed by atoms with Crippen LogP contribution in [0.4, 0.5) is 0 Å². The van der Waals surface area contributed by atoms with Crippen LogP contribution in [0.5, 0.6) is 0 Å². The normalized spacial score (nSPS) is 11.0. The van der Waals surface area contributed by atoms with Crippen LogP contribution in [-0.4, -0.2) is 20.7 Å². The summed E-state index contributed by atoms with van der Waals surface area (Å²) in [4.78, 5) is 0. The molecule has 0 bridgehead atoms. The van der Waals surface area contributed by atoms with Crippen LogP contribution in [-0.2, 0) is 15.6 Å². The second-order valence-corrected chi connectivity index (χ2v) is 5.73. The maximum absolute atomic E-state index is 11.6. The zero-order chi connectivity index (χ0) is 12.0. The van der Waals surface area contributed by atoms with Crippen LogP contribution in [0.1, 0.15) is 17.5 Å². The third-order valence-corrected chi connectivity index (χ3v) is 3.81. The maximum Gasteiger partial charge on any atom is 0.154 e. The van der Waals surface area contributed by atoms with Gasteiger partial charge < -0.3 is 5.73 Å². The Morgan fingerprint density at radius 1 is 1.25 bits per heavy atom. The topological polar surface area (TPSA) is 84.0 Å². The number of hydrogen-bond acceptors (Lipinski definition) is 4. The van der Waals surface area contributed by atoms with E-state index in [9.17, 15) is 8.42 Å². The highest BCUT2D eigenvalue weighted by molar-refractivity contribution is 7.90. The van der Waals surface area contributed by atoms with Gasteiger partial charge in [0, 0.05) is 0 Å². The lowest BCUT2D eigenvalue weighted by molar-refractivity contribution is 0.593. The van der Waals surface area contributed by atoms with Crippen LogP contribution in [0, 0.1) is 11.3 Å². The fourth-order valence-corrected chi connectivity index (χ4v) is 2.76. The summed E-state index contributed by atoms with van der Waals surface area (Å²) in [5, 5.41) is 8.60. The Bertz CT molecular complexity index is 472. The van der Waals surface area contributed by atoms with Crippen molar-refractivity contribution >= 4 is 9.84 Å². The zero-order valence-corrected chi connectivity index (χ0v) is 9.70. The van der Waals surface area contributed by atoms with E-state index in [1.54, 1.807) is 24.3 Å². The molecule has 0 aliphatic heterocycles. The quantitative estimate of drug-likeness (QED) is 0.823. The molecule has 16 heavy (non-hydrogen) atoms. The van der Waals surface area contributed by atoms with E-state index in [4.69, 9.17) is 11.0 Å². The van der Waals surface area contributed by atoms with Crippen molar-refractivity contribution in [1.82, 2.24) is 0 Å². The smallest absolute Gasteiger partial charge is 0.154 e. The zero-order valence-electron chi connectivity index (χ0n) is 8.89. The van der Waals surface area contributed by atoms with Crippen LogP contribution in [0.2, 0.25) is 0 Å². The second kappa shape index (κ2) is 5.64. The Morgan fingerprint density at radius 3 is 2.38 bits per heavy atom. The van der Waals surface area contributed by atoms with Crippen LogP contribution in [0.3, 0.4) is 0 Å². The van der Waals surface area contributed by atoms with Gasteiger partial charge in [-0.25, -0.2) is 8.42 Å².